The fourth-order valence-electron chi connectivity index (χ4n) is 3.22. The average Bonchev–Trinajstić information content (AvgIpc) is 2.67. The van der Waals surface area contributed by atoms with E-state index in [1.165, 1.54) is 0 Å². The maximum atomic E-state index is 12.5. The van der Waals surface area contributed by atoms with Crippen molar-refractivity contribution in [3.63, 3.8) is 0 Å². The zero-order valence-corrected chi connectivity index (χ0v) is 11.5. The van der Waals surface area contributed by atoms with E-state index in [-0.39, 0.29) is 11.9 Å². The number of ether oxygens (including phenoxy) is 1. The first-order valence-corrected chi connectivity index (χ1v) is 7.24. The quantitative estimate of drug-likeness (QED) is 0.736. The van der Waals surface area contributed by atoms with Gasteiger partial charge in [0.1, 0.15) is 0 Å². The number of amides is 1. The number of hydrogen-bond donors (Lipinski definition) is 0. The lowest BCUT2D eigenvalue weighted by Crippen LogP contribution is -2.43. The highest BCUT2D eigenvalue weighted by Crippen LogP contribution is 2.32. The number of piperidine rings is 1. The molecule has 0 saturated carbocycles. The molecule has 0 unspecified atom stereocenters. The van der Waals surface area contributed by atoms with Crippen LogP contribution in [-0.2, 0) is 9.53 Å². The Hall–Kier alpha value is -1.84. The molecule has 2 heterocycles. The SMILES string of the molecule is O=C1C[C@H]2CCN(C(=O)c3ccccc3)C[C@H]2CCO1. The maximum Gasteiger partial charge on any atom is 0.306 e. The highest BCUT2D eigenvalue weighted by Gasteiger charge is 2.34. The van der Waals surface area contributed by atoms with Crippen molar-refractivity contribution in [2.24, 2.45) is 11.8 Å². The lowest BCUT2D eigenvalue weighted by atomic mass is 9.82. The molecule has 1 aromatic carbocycles. The van der Waals surface area contributed by atoms with Crippen molar-refractivity contribution in [2.45, 2.75) is 19.3 Å². The first-order chi connectivity index (χ1) is 9.74. The van der Waals surface area contributed by atoms with Crippen molar-refractivity contribution >= 4 is 11.9 Å². The maximum absolute atomic E-state index is 12.5. The highest BCUT2D eigenvalue weighted by molar-refractivity contribution is 5.94. The number of carbonyl (C=O) groups excluding carboxylic acids is 2. The van der Waals surface area contributed by atoms with Gasteiger partial charge in [-0.15, -0.1) is 0 Å². The zero-order valence-electron chi connectivity index (χ0n) is 11.5. The Balaban J connectivity index is 1.69. The number of likely N-dealkylation sites (tertiary alicyclic amines) is 1. The van der Waals surface area contributed by atoms with Crippen molar-refractivity contribution in [3.05, 3.63) is 35.9 Å². The third-order valence-electron chi connectivity index (χ3n) is 4.38. The van der Waals surface area contributed by atoms with Crippen LogP contribution in [0, 0.1) is 11.8 Å². The van der Waals surface area contributed by atoms with Crippen LogP contribution in [0.5, 0.6) is 0 Å². The minimum absolute atomic E-state index is 0.0830. The van der Waals surface area contributed by atoms with Gasteiger partial charge in [-0.2, -0.15) is 0 Å². The van der Waals surface area contributed by atoms with Crippen LogP contribution in [0.4, 0.5) is 0 Å². The monoisotopic (exact) mass is 273 g/mol. The Morgan fingerprint density at radius 1 is 1.15 bits per heavy atom. The van der Waals surface area contributed by atoms with Crippen molar-refractivity contribution in [1.82, 2.24) is 4.90 Å². The lowest BCUT2D eigenvalue weighted by molar-refractivity contribution is -0.143. The summed E-state index contributed by atoms with van der Waals surface area (Å²) in [4.78, 5) is 25.8. The summed E-state index contributed by atoms with van der Waals surface area (Å²) < 4.78 is 5.13. The molecule has 0 aromatic heterocycles. The van der Waals surface area contributed by atoms with Crippen LogP contribution < -0.4 is 0 Å². The van der Waals surface area contributed by atoms with Gasteiger partial charge in [-0.25, -0.2) is 0 Å². The molecule has 0 N–H and O–H groups in total. The molecule has 106 valence electrons. The Kier molecular flexibility index (Phi) is 3.72. The number of fused-ring (bicyclic) bond motifs is 1. The summed E-state index contributed by atoms with van der Waals surface area (Å²) in [5.41, 5.74) is 0.742. The van der Waals surface area contributed by atoms with Crippen LogP contribution in [0.1, 0.15) is 29.6 Å². The predicted molar refractivity (Wildman–Crippen MR) is 74.1 cm³/mol. The topological polar surface area (TPSA) is 46.6 Å². The molecule has 3 rings (SSSR count). The molecular formula is C16H19NO3. The van der Waals surface area contributed by atoms with Crippen LogP contribution in [-0.4, -0.2) is 36.5 Å². The van der Waals surface area contributed by atoms with Crippen LogP contribution in [0.15, 0.2) is 30.3 Å². The lowest BCUT2D eigenvalue weighted by Gasteiger charge is -2.37. The van der Waals surface area contributed by atoms with Gasteiger partial charge in [-0.1, -0.05) is 18.2 Å². The van der Waals surface area contributed by atoms with Gasteiger partial charge in [0, 0.05) is 25.1 Å². The van der Waals surface area contributed by atoms with Gasteiger partial charge in [-0.05, 0) is 36.8 Å². The van der Waals surface area contributed by atoms with E-state index in [2.05, 4.69) is 0 Å². The summed E-state index contributed by atoms with van der Waals surface area (Å²) >= 11 is 0. The van der Waals surface area contributed by atoms with E-state index in [1.807, 2.05) is 35.2 Å². The second kappa shape index (κ2) is 5.65. The smallest absolute Gasteiger partial charge is 0.306 e. The van der Waals surface area contributed by atoms with Gasteiger partial charge in [0.25, 0.3) is 5.91 Å². The minimum Gasteiger partial charge on any atom is -0.466 e. The summed E-state index contributed by atoms with van der Waals surface area (Å²) in [7, 11) is 0. The third-order valence-corrected chi connectivity index (χ3v) is 4.38. The van der Waals surface area contributed by atoms with Crippen molar-refractivity contribution < 1.29 is 14.3 Å². The Labute approximate surface area is 118 Å². The minimum atomic E-state index is -0.0830. The Bertz CT molecular complexity index is 500. The fraction of sp³-hybridized carbons (Fsp3) is 0.500. The van der Waals surface area contributed by atoms with Gasteiger partial charge in [0.2, 0.25) is 0 Å². The molecule has 2 aliphatic heterocycles. The summed E-state index contributed by atoms with van der Waals surface area (Å²) in [6, 6.07) is 9.40. The van der Waals surface area contributed by atoms with Gasteiger partial charge < -0.3 is 9.64 Å². The zero-order chi connectivity index (χ0) is 13.9. The third kappa shape index (κ3) is 2.69. The number of esters is 1. The second-order valence-corrected chi connectivity index (χ2v) is 5.64. The molecule has 4 nitrogen and oxygen atoms in total. The van der Waals surface area contributed by atoms with Gasteiger partial charge in [-0.3, -0.25) is 9.59 Å². The van der Waals surface area contributed by atoms with Crippen molar-refractivity contribution in [2.75, 3.05) is 19.7 Å². The Morgan fingerprint density at radius 3 is 2.75 bits per heavy atom. The number of nitrogens with zero attached hydrogens (tertiary/aromatic N) is 1. The van der Waals surface area contributed by atoms with Crippen LogP contribution in [0.2, 0.25) is 0 Å². The first kappa shape index (κ1) is 13.2. The number of carbonyl (C=O) groups is 2. The summed E-state index contributed by atoms with van der Waals surface area (Å²) in [5, 5.41) is 0. The van der Waals surface area contributed by atoms with E-state index in [1.54, 1.807) is 0 Å². The molecule has 0 spiro atoms. The van der Waals surface area contributed by atoms with E-state index in [0.29, 0.717) is 24.9 Å². The Morgan fingerprint density at radius 2 is 1.95 bits per heavy atom. The van der Waals surface area contributed by atoms with Crippen molar-refractivity contribution in [1.29, 1.82) is 0 Å². The number of hydrogen-bond acceptors (Lipinski definition) is 3. The van der Waals surface area contributed by atoms with Crippen LogP contribution >= 0.6 is 0 Å². The normalized spacial score (nSPS) is 26.4. The van der Waals surface area contributed by atoms with E-state index < -0.39 is 0 Å². The van der Waals surface area contributed by atoms with Crippen LogP contribution in [0.25, 0.3) is 0 Å². The van der Waals surface area contributed by atoms with E-state index in [0.717, 1.165) is 31.5 Å². The number of benzene rings is 1. The molecule has 4 heteroatoms. The van der Waals surface area contributed by atoms with Gasteiger partial charge >= 0.3 is 5.97 Å². The second-order valence-electron chi connectivity index (χ2n) is 5.64. The molecule has 1 aromatic rings. The summed E-state index contributed by atoms with van der Waals surface area (Å²) in [6.45, 7) is 1.98. The van der Waals surface area contributed by atoms with Crippen LogP contribution in [0.3, 0.4) is 0 Å². The molecule has 2 aliphatic rings. The summed E-state index contributed by atoms with van der Waals surface area (Å²) in [5.74, 6) is 0.786. The molecule has 1 amide bonds. The molecule has 0 bridgehead atoms. The molecule has 0 radical (unpaired) electrons. The molecule has 20 heavy (non-hydrogen) atoms. The van der Waals surface area contributed by atoms with E-state index in [9.17, 15) is 9.59 Å². The van der Waals surface area contributed by atoms with Crippen molar-refractivity contribution in [3.8, 4) is 0 Å². The van der Waals surface area contributed by atoms with Gasteiger partial charge in [0.15, 0.2) is 0 Å². The predicted octanol–water partition coefficient (Wildman–Crippen LogP) is 2.10. The molecule has 2 atom stereocenters. The molecule has 2 fully saturated rings. The van der Waals surface area contributed by atoms with E-state index >= 15 is 0 Å². The van der Waals surface area contributed by atoms with E-state index in [4.69, 9.17) is 4.74 Å². The standard InChI is InChI=1S/C16H19NO3/c18-15-10-13-6-8-17(11-14(13)7-9-20-15)16(19)12-4-2-1-3-5-12/h1-5,13-14H,6-11H2/t13-,14-/m1/s1. The summed E-state index contributed by atoms with van der Waals surface area (Å²) in [6.07, 6.45) is 2.28. The molecular weight excluding hydrogens is 254 g/mol. The number of rotatable bonds is 1. The fourth-order valence-corrected chi connectivity index (χ4v) is 3.22. The number of cyclic esters (lactones) is 1. The van der Waals surface area contributed by atoms with Gasteiger partial charge in [0.05, 0.1) is 6.61 Å². The average molecular weight is 273 g/mol. The molecule has 0 aliphatic carbocycles. The largest absolute Gasteiger partial charge is 0.466 e. The highest BCUT2D eigenvalue weighted by atomic mass is 16.5. The first-order valence-electron chi connectivity index (χ1n) is 7.24. The molecule has 2 saturated heterocycles.